The van der Waals surface area contributed by atoms with E-state index in [0.29, 0.717) is 5.92 Å². The van der Waals surface area contributed by atoms with Gasteiger partial charge in [-0.1, -0.05) is 6.07 Å². The van der Waals surface area contributed by atoms with Gasteiger partial charge in [0.1, 0.15) is 5.69 Å². The van der Waals surface area contributed by atoms with Crippen molar-refractivity contribution in [3.8, 4) is 0 Å². The van der Waals surface area contributed by atoms with Crippen molar-refractivity contribution in [3.63, 3.8) is 0 Å². The van der Waals surface area contributed by atoms with Crippen molar-refractivity contribution >= 4 is 17.8 Å². The highest BCUT2D eigenvalue weighted by Crippen LogP contribution is 2.34. The number of piperidine rings is 1. The van der Waals surface area contributed by atoms with Crippen LogP contribution in [0.25, 0.3) is 0 Å². The van der Waals surface area contributed by atoms with E-state index >= 15 is 0 Å². The molecule has 2 aliphatic heterocycles. The summed E-state index contributed by atoms with van der Waals surface area (Å²) in [6, 6.07) is 8.11. The van der Waals surface area contributed by atoms with E-state index in [4.69, 9.17) is 24.5 Å². The first kappa shape index (κ1) is 32.6. The lowest BCUT2D eigenvalue weighted by Crippen LogP contribution is -2.53. The van der Waals surface area contributed by atoms with Crippen LogP contribution in [-0.2, 0) is 27.9 Å². The van der Waals surface area contributed by atoms with Crippen LogP contribution in [0.1, 0.15) is 22.5 Å². The van der Waals surface area contributed by atoms with Crippen LogP contribution in [0.4, 0.5) is 26.3 Å². The topological polar surface area (TPSA) is 125 Å². The van der Waals surface area contributed by atoms with Crippen molar-refractivity contribution in [2.75, 3.05) is 26.7 Å². The Morgan fingerprint density at radius 1 is 1.02 bits per heavy atom. The molecule has 4 rings (SSSR count). The summed E-state index contributed by atoms with van der Waals surface area (Å²) in [6.45, 7) is 3.46. The van der Waals surface area contributed by atoms with Gasteiger partial charge >= 0.3 is 24.3 Å². The highest BCUT2D eigenvalue weighted by Gasteiger charge is 2.46. The van der Waals surface area contributed by atoms with Crippen LogP contribution in [0.2, 0.25) is 0 Å². The van der Waals surface area contributed by atoms with Crippen LogP contribution < -0.4 is 0 Å². The highest BCUT2D eigenvalue weighted by molar-refractivity contribution is 5.93. The number of likely N-dealkylation sites (tertiary alicyclic amines) is 2. The molecule has 2 aromatic rings. The Kier molecular flexibility index (Phi) is 11.1. The van der Waals surface area contributed by atoms with Gasteiger partial charge in [0, 0.05) is 64.8 Å². The van der Waals surface area contributed by atoms with Gasteiger partial charge in [0.2, 0.25) is 0 Å². The minimum atomic E-state index is -5.08. The maximum Gasteiger partial charge on any atom is 0.490 e. The second-order valence-corrected chi connectivity index (χ2v) is 8.96. The van der Waals surface area contributed by atoms with E-state index in [1.807, 2.05) is 42.2 Å². The molecule has 0 bridgehead atoms. The van der Waals surface area contributed by atoms with Gasteiger partial charge in [0.25, 0.3) is 5.91 Å². The van der Waals surface area contributed by atoms with Crippen molar-refractivity contribution in [3.05, 3.63) is 54.1 Å². The van der Waals surface area contributed by atoms with Crippen molar-refractivity contribution in [2.45, 2.75) is 37.5 Å². The molecule has 222 valence electrons. The smallest absolute Gasteiger partial charge is 0.475 e. The molecule has 2 fully saturated rings. The van der Waals surface area contributed by atoms with Gasteiger partial charge in [-0.15, -0.1) is 0 Å². The normalized spacial score (nSPS) is 20.9. The first-order valence-electron chi connectivity index (χ1n) is 11.7. The number of fused-ring (bicyclic) bond motifs is 1. The summed E-state index contributed by atoms with van der Waals surface area (Å²) in [4.78, 5) is 39.6. The zero-order valence-electron chi connectivity index (χ0n) is 21.4. The Hall–Kier alpha value is -3.66. The first-order chi connectivity index (χ1) is 18.6. The summed E-state index contributed by atoms with van der Waals surface area (Å²) < 4.78 is 71.1. The molecule has 2 aromatic heterocycles. The van der Waals surface area contributed by atoms with Gasteiger partial charge in [-0.2, -0.15) is 26.3 Å². The molecule has 0 aliphatic carbocycles. The monoisotopic (exact) mass is 582 g/mol. The molecule has 16 heteroatoms. The fourth-order valence-electron chi connectivity index (χ4n) is 4.49. The highest BCUT2D eigenvalue weighted by atomic mass is 19.4. The number of pyridine rings is 1. The van der Waals surface area contributed by atoms with Crippen molar-refractivity contribution in [2.24, 2.45) is 13.0 Å². The molecule has 10 nitrogen and oxygen atoms in total. The van der Waals surface area contributed by atoms with Crippen LogP contribution in [0.15, 0.2) is 42.9 Å². The van der Waals surface area contributed by atoms with Gasteiger partial charge in [-0.3, -0.25) is 14.7 Å². The third-order valence-electron chi connectivity index (χ3n) is 6.28. The molecule has 0 aromatic carbocycles. The van der Waals surface area contributed by atoms with Crippen LogP contribution >= 0.6 is 0 Å². The Morgan fingerprint density at radius 2 is 1.62 bits per heavy atom. The van der Waals surface area contributed by atoms with Crippen LogP contribution in [-0.4, -0.2) is 98.7 Å². The number of aliphatic carboxylic acids is 2. The summed E-state index contributed by atoms with van der Waals surface area (Å²) in [5, 5.41) is 14.2. The number of hydrogen-bond acceptors (Lipinski definition) is 6. The Bertz CT molecular complexity index is 1120. The lowest BCUT2D eigenvalue weighted by atomic mass is 9.88. The molecule has 2 saturated heterocycles. The van der Waals surface area contributed by atoms with E-state index in [9.17, 15) is 31.1 Å². The van der Waals surface area contributed by atoms with Crippen LogP contribution in [0.5, 0.6) is 0 Å². The average Bonchev–Trinajstić information content (AvgIpc) is 3.49. The Labute approximate surface area is 224 Å². The molecule has 3 atom stereocenters. The van der Waals surface area contributed by atoms with Gasteiger partial charge < -0.3 is 24.4 Å². The van der Waals surface area contributed by atoms with Crippen LogP contribution in [0, 0.1) is 5.92 Å². The largest absolute Gasteiger partial charge is 0.490 e. The third-order valence-corrected chi connectivity index (χ3v) is 6.28. The second-order valence-electron chi connectivity index (χ2n) is 8.96. The lowest BCUT2D eigenvalue weighted by Gasteiger charge is -2.41. The van der Waals surface area contributed by atoms with Gasteiger partial charge in [0.05, 0.1) is 12.1 Å². The maximum absolute atomic E-state index is 13.1. The molecule has 0 radical (unpaired) electrons. The molecule has 2 N–H and O–H groups in total. The maximum atomic E-state index is 13.1. The molecule has 2 aliphatic rings. The third kappa shape index (κ3) is 8.94. The number of carboxylic acid groups (broad SMARTS) is 2. The standard InChI is InChI=1S/C20H26N4O2.2C2HF3O2/c1-22-9-4-6-17(22)20(25)24-10-7-19(26-2)16-13-23(14-18(16)24)12-15-5-3-8-21-11-15;2*3-2(4,5)1(6)7/h3-6,8-9,11,16,18-19H,7,10,12-14H2,1-2H3;2*(H,6,7)/t16-,18+,19-;;/m0../s1. The van der Waals surface area contributed by atoms with E-state index in [0.717, 1.165) is 38.3 Å². The van der Waals surface area contributed by atoms with Crippen molar-refractivity contribution in [1.82, 2.24) is 19.4 Å². The number of halogens is 6. The number of rotatable bonds is 4. The predicted molar refractivity (Wildman–Crippen MR) is 126 cm³/mol. The van der Waals surface area contributed by atoms with Crippen LogP contribution in [0.3, 0.4) is 0 Å². The van der Waals surface area contributed by atoms with E-state index in [-0.39, 0.29) is 18.1 Å². The average molecular weight is 582 g/mol. The molecule has 0 spiro atoms. The molecule has 4 heterocycles. The number of carbonyl (C=O) groups is 3. The summed E-state index contributed by atoms with van der Waals surface area (Å²) in [7, 11) is 3.72. The molecule has 0 saturated carbocycles. The SMILES string of the molecule is CO[C@H]1CCN(C(=O)c2cccn2C)[C@@H]2CN(Cc3cccnc3)C[C@H]12.O=C(O)C(F)(F)F.O=C(O)C(F)(F)F. The van der Waals surface area contributed by atoms with E-state index in [1.165, 1.54) is 5.56 Å². The minimum absolute atomic E-state index is 0.130. The number of nitrogens with zero attached hydrogens (tertiary/aromatic N) is 4. The summed E-state index contributed by atoms with van der Waals surface area (Å²) in [5.41, 5.74) is 1.96. The van der Waals surface area contributed by atoms with Crippen molar-refractivity contribution < 1.29 is 55.7 Å². The number of amides is 1. The van der Waals surface area contributed by atoms with Gasteiger partial charge in [-0.25, -0.2) is 9.59 Å². The summed E-state index contributed by atoms with van der Waals surface area (Å²) in [6.07, 6.45) is -3.40. The number of alkyl halides is 6. The molecule has 1 amide bonds. The fraction of sp³-hybridized carbons (Fsp3) is 0.500. The minimum Gasteiger partial charge on any atom is -0.475 e. The second kappa shape index (κ2) is 13.6. The zero-order valence-corrected chi connectivity index (χ0v) is 21.4. The molecular weight excluding hydrogens is 554 g/mol. The molecule has 0 unspecified atom stereocenters. The number of carbonyl (C=O) groups excluding carboxylic acids is 1. The fourth-order valence-corrected chi connectivity index (χ4v) is 4.49. The number of aromatic nitrogens is 2. The van der Waals surface area contributed by atoms with E-state index in [1.54, 1.807) is 13.3 Å². The molecule has 40 heavy (non-hydrogen) atoms. The Morgan fingerprint density at radius 3 is 2.08 bits per heavy atom. The van der Waals surface area contributed by atoms with E-state index < -0.39 is 24.3 Å². The number of methoxy groups -OCH3 is 1. The number of aryl methyl sites for hydroxylation is 1. The van der Waals surface area contributed by atoms with Gasteiger partial charge in [-0.05, 0) is 30.2 Å². The summed E-state index contributed by atoms with van der Waals surface area (Å²) in [5.74, 6) is -5.03. The molecular formula is C24H28F6N4O6. The number of ether oxygens (including phenoxy) is 1. The number of hydrogen-bond donors (Lipinski definition) is 2. The lowest BCUT2D eigenvalue weighted by molar-refractivity contribution is -0.193. The summed E-state index contributed by atoms with van der Waals surface area (Å²) >= 11 is 0. The van der Waals surface area contributed by atoms with Crippen molar-refractivity contribution in [1.29, 1.82) is 0 Å². The zero-order chi connectivity index (χ0) is 30.3. The van der Waals surface area contributed by atoms with Gasteiger partial charge in [0.15, 0.2) is 0 Å². The first-order valence-corrected chi connectivity index (χ1v) is 11.7. The van der Waals surface area contributed by atoms with E-state index in [2.05, 4.69) is 20.9 Å². The Balaban J connectivity index is 0.000000333. The predicted octanol–water partition coefficient (Wildman–Crippen LogP) is 3.05. The number of carboxylic acids is 2. The quantitative estimate of drug-likeness (QED) is 0.528.